The van der Waals surface area contributed by atoms with Crippen LogP contribution in [0.1, 0.15) is 15.9 Å². The molecule has 1 aromatic carbocycles. The van der Waals surface area contributed by atoms with Gasteiger partial charge in [-0.1, -0.05) is 0 Å². The van der Waals surface area contributed by atoms with E-state index in [1.54, 1.807) is 6.92 Å². The van der Waals surface area contributed by atoms with Crippen LogP contribution in [0.5, 0.6) is 0 Å². The zero-order valence-corrected chi connectivity index (χ0v) is 12.2. The molecule has 4 N–H and O–H groups in total. The Morgan fingerprint density at radius 1 is 1.43 bits per heavy atom. The Kier molecular flexibility index (Phi) is 3.85. The third-order valence-corrected chi connectivity index (χ3v) is 4.21. The second-order valence-corrected chi connectivity index (χ2v) is 5.93. The van der Waals surface area contributed by atoms with Crippen molar-refractivity contribution in [2.24, 2.45) is 0 Å². The quantitative estimate of drug-likeness (QED) is 0.568. The Morgan fingerprint density at radius 2 is 2.14 bits per heavy atom. The molecule has 0 bridgehead atoms. The van der Waals surface area contributed by atoms with Gasteiger partial charge in [0.1, 0.15) is 10.7 Å². The van der Waals surface area contributed by atoms with E-state index < -0.39 is 16.0 Å². The molecule has 112 valence electrons. The van der Waals surface area contributed by atoms with Crippen LogP contribution in [0.25, 0.3) is 0 Å². The topological polar surface area (TPSA) is 127 Å². The number of rotatable bonds is 4. The smallest absolute Gasteiger partial charge is 0.337 e. The van der Waals surface area contributed by atoms with Gasteiger partial charge in [-0.25, -0.2) is 13.2 Å². The van der Waals surface area contributed by atoms with Crippen LogP contribution in [0.2, 0.25) is 0 Å². The van der Waals surface area contributed by atoms with E-state index in [1.165, 1.54) is 31.5 Å². The molecule has 1 aromatic heterocycles. The summed E-state index contributed by atoms with van der Waals surface area (Å²) in [6, 6.07) is 3.83. The molecule has 0 saturated carbocycles. The number of H-pyrrole nitrogens is 1. The lowest BCUT2D eigenvalue weighted by Gasteiger charge is -2.10. The molecule has 0 saturated heterocycles. The van der Waals surface area contributed by atoms with Crippen molar-refractivity contribution in [3.05, 3.63) is 35.5 Å². The molecule has 0 radical (unpaired) electrons. The Morgan fingerprint density at radius 3 is 2.67 bits per heavy atom. The van der Waals surface area contributed by atoms with Crippen LogP contribution < -0.4 is 10.5 Å². The fraction of sp³-hybridized carbons (Fsp3) is 0.167. The highest BCUT2D eigenvalue weighted by atomic mass is 32.2. The molecule has 21 heavy (non-hydrogen) atoms. The molecule has 0 aliphatic heterocycles. The van der Waals surface area contributed by atoms with Crippen molar-refractivity contribution in [3.63, 3.8) is 0 Å². The van der Waals surface area contributed by atoms with E-state index in [0.29, 0.717) is 5.56 Å². The second-order valence-electron chi connectivity index (χ2n) is 4.28. The van der Waals surface area contributed by atoms with Crippen LogP contribution in [-0.2, 0) is 14.8 Å². The zero-order valence-electron chi connectivity index (χ0n) is 11.4. The highest BCUT2D eigenvalue weighted by Gasteiger charge is 2.20. The number of carbonyl (C=O) groups is 1. The summed E-state index contributed by atoms with van der Waals surface area (Å²) in [5.74, 6) is -0.338. The third-order valence-electron chi connectivity index (χ3n) is 2.79. The number of ether oxygens (including phenoxy) is 1. The van der Waals surface area contributed by atoms with Gasteiger partial charge in [-0.2, -0.15) is 5.10 Å². The van der Waals surface area contributed by atoms with E-state index in [1.807, 2.05) is 0 Å². The Hall–Kier alpha value is -2.55. The first-order valence-corrected chi connectivity index (χ1v) is 7.34. The number of nitrogens with zero attached hydrogens (tertiary/aromatic N) is 1. The van der Waals surface area contributed by atoms with Gasteiger partial charge in [0, 0.05) is 5.56 Å². The lowest BCUT2D eigenvalue weighted by Crippen LogP contribution is -2.16. The molecule has 0 aliphatic carbocycles. The molecule has 0 amide bonds. The average Bonchev–Trinajstić information content (AvgIpc) is 2.82. The van der Waals surface area contributed by atoms with E-state index in [2.05, 4.69) is 19.7 Å². The van der Waals surface area contributed by atoms with Gasteiger partial charge in [0.15, 0.2) is 0 Å². The summed E-state index contributed by atoms with van der Waals surface area (Å²) in [5.41, 5.74) is 6.48. The number of nitrogen functional groups attached to an aromatic ring is 1. The molecule has 1 heterocycles. The minimum absolute atomic E-state index is 0.0532. The number of methoxy groups -OCH3 is 1. The van der Waals surface area contributed by atoms with Crippen LogP contribution in [0.15, 0.2) is 29.3 Å². The lowest BCUT2D eigenvalue weighted by molar-refractivity contribution is 0.0600. The molecule has 0 spiro atoms. The average molecular weight is 310 g/mol. The fourth-order valence-electron chi connectivity index (χ4n) is 1.68. The summed E-state index contributed by atoms with van der Waals surface area (Å²) in [6.07, 6.45) is 1.49. The van der Waals surface area contributed by atoms with E-state index in [-0.39, 0.29) is 22.0 Å². The minimum Gasteiger partial charge on any atom is -0.465 e. The number of esters is 1. The standard InChI is InChI=1S/C12H14N4O4S/c1-7-6-14-15-11(7)16-21(18,19)10-4-3-8(5-9(10)13)12(17)20-2/h3-6H,13H2,1-2H3,(H2,14,15,16). The van der Waals surface area contributed by atoms with Gasteiger partial charge in [0.25, 0.3) is 10.0 Å². The van der Waals surface area contributed by atoms with Crippen LogP contribution >= 0.6 is 0 Å². The summed E-state index contributed by atoms with van der Waals surface area (Å²) in [7, 11) is -2.66. The van der Waals surface area contributed by atoms with E-state index in [0.717, 1.165) is 0 Å². The number of aromatic nitrogens is 2. The first-order valence-electron chi connectivity index (χ1n) is 5.86. The number of hydrogen-bond donors (Lipinski definition) is 3. The molecule has 8 nitrogen and oxygen atoms in total. The third kappa shape index (κ3) is 2.97. The van der Waals surface area contributed by atoms with E-state index in [9.17, 15) is 13.2 Å². The predicted molar refractivity (Wildman–Crippen MR) is 76.3 cm³/mol. The maximum atomic E-state index is 12.3. The van der Waals surface area contributed by atoms with Crippen molar-refractivity contribution in [3.8, 4) is 0 Å². The Labute approximate surface area is 121 Å². The predicted octanol–water partition coefficient (Wildman–Crippen LogP) is 0.888. The monoisotopic (exact) mass is 310 g/mol. The van der Waals surface area contributed by atoms with Gasteiger partial charge < -0.3 is 10.5 Å². The highest BCUT2D eigenvalue weighted by molar-refractivity contribution is 7.92. The lowest BCUT2D eigenvalue weighted by atomic mass is 10.2. The Balaban J connectivity index is 2.37. The molecular formula is C12H14N4O4S. The number of anilines is 2. The van der Waals surface area contributed by atoms with E-state index in [4.69, 9.17) is 5.73 Å². The van der Waals surface area contributed by atoms with Crippen molar-refractivity contribution in [2.45, 2.75) is 11.8 Å². The van der Waals surface area contributed by atoms with Crippen LogP contribution in [0, 0.1) is 6.92 Å². The first kappa shape index (κ1) is 14.9. The molecule has 2 aromatic rings. The first-order chi connectivity index (χ1) is 9.85. The zero-order chi connectivity index (χ0) is 15.6. The normalized spacial score (nSPS) is 11.1. The highest BCUT2D eigenvalue weighted by Crippen LogP contribution is 2.23. The number of hydrogen-bond acceptors (Lipinski definition) is 6. The molecule has 0 fully saturated rings. The summed E-state index contributed by atoms with van der Waals surface area (Å²) in [6.45, 7) is 1.70. The van der Waals surface area contributed by atoms with Gasteiger partial charge in [0.05, 0.1) is 24.6 Å². The van der Waals surface area contributed by atoms with Gasteiger partial charge in [0.2, 0.25) is 0 Å². The number of carbonyl (C=O) groups excluding carboxylic acids is 1. The number of benzene rings is 1. The molecule has 0 aliphatic rings. The number of aromatic amines is 1. The SMILES string of the molecule is COC(=O)c1ccc(S(=O)(=O)Nc2[nH]ncc2C)c(N)c1. The maximum Gasteiger partial charge on any atom is 0.337 e. The van der Waals surface area contributed by atoms with Crippen molar-refractivity contribution in [2.75, 3.05) is 17.6 Å². The Bertz CT molecular complexity index is 782. The van der Waals surface area contributed by atoms with Crippen LogP contribution in [0.3, 0.4) is 0 Å². The molecular weight excluding hydrogens is 296 g/mol. The van der Waals surface area contributed by atoms with E-state index >= 15 is 0 Å². The van der Waals surface area contributed by atoms with Crippen molar-refractivity contribution in [1.82, 2.24) is 10.2 Å². The maximum absolute atomic E-state index is 12.3. The number of aryl methyl sites for hydroxylation is 1. The van der Waals surface area contributed by atoms with Gasteiger partial charge in [-0.3, -0.25) is 9.82 Å². The van der Waals surface area contributed by atoms with Crippen LogP contribution in [0.4, 0.5) is 11.5 Å². The summed E-state index contributed by atoms with van der Waals surface area (Å²) in [4.78, 5) is 11.2. The van der Waals surface area contributed by atoms with Gasteiger partial charge >= 0.3 is 5.97 Å². The van der Waals surface area contributed by atoms with Gasteiger partial charge in [-0.15, -0.1) is 0 Å². The molecule has 2 rings (SSSR count). The molecule has 0 unspecified atom stereocenters. The number of nitrogens with two attached hydrogens (primary N) is 1. The van der Waals surface area contributed by atoms with Gasteiger partial charge in [-0.05, 0) is 25.1 Å². The van der Waals surface area contributed by atoms with Crippen molar-refractivity contribution >= 4 is 27.5 Å². The minimum atomic E-state index is -3.88. The van der Waals surface area contributed by atoms with Crippen molar-refractivity contribution in [1.29, 1.82) is 0 Å². The molecule has 0 atom stereocenters. The largest absolute Gasteiger partial charge is 0.465 e. The fourth-order valence-corrected chi connectivity index (χ4v) is 2.88. The summed E-state index contributed by atoms with van der Waals surface area (Å²) < 4.78 is 31.4. The summed E-state index contributed by atoms with van der Waals surface area (Å²) >= 11 is 0. The molecule has 9 heteroatoms. The van der Waals surface area contributed by atoms with Crippen molar-refractivity contribution < 1.29 is 17.9 Å². The van der Waals surface area contributed by atoms with Crippen LogP contribution in [-0.4, -0.2) is 31.7 Å². The number of sulfonamides is 1. The summed E-state index contributed by atoms with van der Waals surface area (Å²) in [5, 5.41) is 6.26. The number of nitrogens with one attached hydrogen (secondary N) is 2. The second kappa shape index (κ2) is 5.44.